The zero-order chi connectivity index (χ0) is 21.0. The molecule has 29 heavy (non-hydrogen) atoms. The Balaban J connectivity index is 1.85. The van der Waals surface area contributed by atoms with E-state index in [2.05, 4.69) is 15.9 Å². The van der Waals surface area contributed by atoms with E-state index in [0.717, 1.165) is 10.0 Å². The van der Waals surface area contributed by atoms with Gasteiger partial charge < -0.3 is 4.90 Å². The van der Waals surface area contributed by atoms with E-state index in [4.69, 9.17) is 0 Å². The number of nitrogens with zero attached hydrogens (tertiary/aromatic N) is 2. The zero-order valence-corrected chi connectivity index (χ0v) is 18.5. The molecule has 0 aliphatic heterocycles. The number of carbonyl (C=O) groups excluding carboxylic acids is 1. The molecule has 3 aromatic rings. The highest BCUT2D eigenvalue weighted by Crippen LogP contribution is 2.23. The van der Waals surface area contributed by atoms with Gasteiger partial charge in [0.25, 0.3) is 15.9 Å². The third-order valence-corrected chi connectivity index (χ3v) is 7.13. The minimum Gasteiger partial charge on any atom is -0.337 e. The second-order valence-electron chi connectivity index (χ2n) is 6.59. The SMILES string of the molecule is CN(Cc1ccccc1Br)C(=O)c1cccc(S(=O)(=O)N(C)c2ccccc2)c1. The fourth-order valence-electron chi connectivity index (χ4n) is 2.90. The van der Waals surface area contributed by atoms with Gasteiger partial charge >= 0.3 is 0 Å². The summed E-state index contributed by atoms with van der Waals surface area (Å²) in [7, 11) is -0.593. The van der Waals surface area contributed by atoms with Crippen LogP contribution in [-0.4, -0.2) is 33.3 Å². The molecule has 0 aromatic heterocycles. The summed E-state index contributed by atoms with van der Waals surface area (Å²) in [5.74, 6) is -0.250. The molecule has 0 fully saturated rings. The van der Waals surface area contributed by atoms with Crippen LogP contribution >= 0.6 is 15.9 Å². The van der Waals surface area contributed by atoms with Crippen molar-refractivity contribution < 1.29 is 13.2 Å². The molecule has 0 radical (unpaired) electrons. The summed E-state index contributed by atoms with van der Waals surface area (Å²) >= 11 is 3.48. The van der Waals surface area contributed by atoms with E-state index >= 15 is 0 Å². The number of halogens is 1. The lowest BCUT2D eigenvalue weighted by Crippen LogP contribution is -2.28. The van der Waals surface area contributed by atoms with Crippen LogP contribution in [0.5, 0.6) is 0 Å². The first-order valence-electron chi connectivity index (χ1n) is 8.93. The predicted octanol–water partition coefficient (Wildman–Crippen LogP) is 4.55. The van der Waals surface area contributed by atoms with Gasteiger partial charge in [-0.05, 0) is 42.0 Å². The molecule has 0 spiro atoms. The molecule has 5 nitrogen and oxygen atoms in total. The van der Waals surface area contributed by atoms with Gasteiger partial charge in [0.05, 0.1) is 10.6 Å². The van der Waals surface area contributed by atoms with Gasteiger partial charge in [0.2, 0.25) is 0 Å². The van der Waals surface area contributed by atoms with Crippen LogP contribution in [-0.2, 0) is 16.6 Å². The lowest BCUT2D eigenvalue weighted by Gasteiger charge is -2.21. The van der Waals surface area contributed by atoms with Crippen LogP contribution in [0.1, 0.15) is 15.9 Å². The Kier molecular flexibility index (Phi) is 6.39. The third-order valence-electron chi connectivity index (χ3n) is 4.57. The minimum absolute atomic E-state index is 0.0731. The number of hydrogen-bond acceptors (Lipinski definition) is 3. The molecule has 0 aliphatic carbocycles. The molecule has 0 saturated heterocycles. The first-order valence-corrected chi connectivity index (χ1v) is 11.2. The van der Waals surface area contributed by atoms with E-state index in [1.54, 1.807) is 48.3 Å². The van der Waals surface area contributed by atoms with Crippen molar-refractivity contribution in [3.8, 4) is 0 Å². The van der Waals surface area contributed by atoms with Crippen molar-refractivity contribution in [2.24, 2.45) is 0 Å². The highest BCUT2D eigenvalue weighted by atomic mass is 79.9. The van der Waals surface area contributed by atoms with E-state index in [-0.39, 0.29) is 10.8 Å². The second-order valence-corrected chi connectivity index (χ2v) is 9.41. The molecular formula is C22H21BrN2O3S. The molecule has 3 aromatic carbocycles. The van der Waals surface area contributed by atoms with Crippen LogP contribution in [0.2, 0.25) is 0 Å². The molecule has 0 heterocycles. The second kappa shape index (κ2) is 8.80. The van der Waals surface area contributed by atoms with Gasteiger partial charge in [0, 0.05) is 30.7 Å². The average Bonchev–Trinajstić information content (AvgIpc) is 2.75. The number of anilines is 1. The van der Waals surface area contributed by atoms with Crippen molar-refractivity contribution in [1.29, 1.82) is 0 Å². The Hall–Kier alpha value is -2.64. The third kappa shape index (κ3) is 4.68. The number of benzene rings is 3. The normalized spacial score (nSPS) is 11.1. The lowest BCUT2D eigenvalue weighted by atomic mass is 10.1. The summed E-state index contributed by atoms with van der Waals surface area (Å²) in [6.07, 6.45) is 0. The smallest absolute Gasteiger partial charge is 0.264 e. The number of sulfonamides is 1. The lowest BCUT2D eigenvalue weighted by molar-refractivity contribution is 0.0784. The van der Waals surface area contributed by atoms with Crippen LogP contribution < -0.4 is 4.31 Å². The van der Waals surface area contributed by atoms with Gasteiger partial charge in [-0.15, -0.1) is 0 Å². The van der Waals surface area contributed by atoms with Crippen molar-refractivity contribution in [3.05, 3.63) is 94.5 Å². The van der Waals surface area contributed by atoms with E-state index in [0.29, 0.717) is 17.8 Å². The summed E-state index contributed by atoms with van der Waals surface area (Å²) < 4.78 is 28.1. The van der Waals surface area contributed by atoms with E-state index in [1.165, 1.54) is 23.5 Å². The van der Waals surface area contributed by atoms with E-state index in [1.807, 2.05) is 30.3 Å². The Bertz CT molecular complexity index is 1120. The van der Waals surface area contributed by atoms with Gasteiger partial charge in [-0.1, -0.05) is 58.4 Å². The van der Waals surface area contributed by atoms with Gasteiger partial charge in [-0.2, -0.15) is 0 Å². The predicted molar refractivity (Wildman–Crippen MR) is 118 cm³/mol. The standard InChI is InChI=1S/C22H21BrN2O3S/c1-24(16-18-9-6-7-14-21(18)23)22(26)17-10-8-13-20(15-17)29(27,28)25(2)19-11-4-3-5-12-19/h3-15H,16H2,1-2H3. The molecule has 0 unspecified atom stereocenters. The first kappa shape index (κ1) is 21.1. The summed E-state index contributed by atoms with van der Waals surface area (Å²) in [6.45, 7) is 0.404. The van der Waals surface area contributed by atoms with Crippen molar-refractivity contribution >= 4 is 37.5 Å². The van der Waals surface area contributed by atoms with Crippen LogP contribution in [0, 0.1) is 0 Å². The average molecular weight is 473 g/mol. The van der Waals surface area contributed by atoms with Crippen LogP contribution in [0.4, 0.5) is 5.69 Å². The van der Waals surface area contributed by atoms with Gasteiger partial charge in [-0.25, -0.2) is 8.42 Å². The molecule has 0 bridgehead atoms. The van der Waals surface area contributed by atoms with Crippen molar-refractivity contribution in [2.75, 3.05) is 18.4 Å². The summed E-state index contributed by atoms with van der Waals surface area (Å²) in [4.78, 5) is 14.5. The Morgan fingerprint density at radius 3 is 2.24 bits per heavy atom. The Labute approximate surface area is 179 Å². The number of amides is 1. The number of rotatable bonds is 6. The molecule has 150 valence electrons. The quantitative estimate of drug-likeness (QED) is 0.528. The Morgan fingerprint density at radius 2 is 1.55 bits per heavy atom. The van der Waals surface area contributed by atoms with Crippen molar-refractivity contribution in [1.82, 2.24) is 4.90 Å². The Morgan fingerprint density at radius 1 is 0.897 bits per heavy atom. The molecular weight excluding hydrogens is 452 g/mol. The molecule has 1 amide bonds. The van der Waals surface area contributed by atoms with Crippen molar-refractivity contribution in [3.63, 3.8) is 0 Å². The summed E-state index contributed by atoms with van der Waals surface area (Å²) in [5.41, 5.74) is 1.84. The van der Waals surface area contributed by atoms with Crippen molar-refractivity contribution in [2.45, 2.75) is 11.4 Å². The molecule has 0 aliphatic rings. The maximum atomic E-state index is 13.0. The van der Waals surface area contributed by atoms with Gasteiger partial charge in [0.1, 0.15) is 0 Å². The van der Waals surface area contributed by atoms with E-state index in [9.17, 15) is 13.2 Å². The van der Waals surface area contributed by atoms with E-state index < -0.39 is 10.0 Å². The molecule has 0 saturated carbocycles. The highest BCUT2D eigenvalue weighted by Gasteiger charge is 2.23. The summed E-state index contributed by atoms with van der Waals surface area (Å²) in [5, 5.41) is 0. The molecule has 7 heteroatoms. The van der Waals surface area contributed by atoms with Crippen LogP contribution in [0.15, 0.2) is 88.2 Å². The highest BCUT2D eigenvalue weighted by molar-refractivity contribution is 9.10. The first-order chi connectivity index (χ1) is 13.8. The minimum atomic E-state index is -3.78. The molecule has 0 N–H and O–H groups in total. The fourth-order valence-corrected chi connectivity index (χ4v) is 4.55. The summed E-state index contributed by atoms with van der Waals surface area (Å²) in [6, 6.07) is 22.6. The van der Waals surface area contributed by atoms with Crippen LogP contribution in [0.3, 0.4) is 0 Å². The van der Waals surface area contributed by atoms with Gasteiger partial charge in [0.15, 0.2) is 0 Å². The maximum absolute atomic E-state index is 13.0. The zero-order valence-electron chi connectivity index (χ0n) is 16.1. The monoisotopic (exact) mass is 472 g/mol. The molecule has 0 atom stereocenters. The fraction of sp³-hybridized carbons (Fsp3) is 0.136. The molecule has 3 rings (SSSR count). The largest absolute Gasteiger partial charge is 0.337 e. The number of hydrogen-bond donors (Lipinski definition) is 0. The van der Waals surface area contributed by atoms with Crippen LogP contribution in [0.25, 0.3) is 0 Å². The topological polar surface area (TPSA) is 57.7 Å². The number of para-hydroxylation sites is 1. The van der Waals surface area contributed by atoms with Gasteiger partial charge in [-0.3, -0.25) is 9.10 Å². The number of carbonyl (C=O) groups is 1. The maximum Gasteiger partial charge on any atom is 0.264 e.